The van der Waals surface area contributed by atoms with Crippen molar-refractivity contribution in [2.45, 2.75) is 12.7 Å². The molecule has 1 aromatic heterocycles. The largest absolute Gasteiger partial charge is 0.494 e. The molecule has 0 radical (unpaired) electrons. The molecule has 1 amide bonds. The number of methoxy groups -OCH3 is 1. The minimum Gasteiger partial charge on any atom is -0.494 e. The third kappa shape index (κ3) is 5.21. The molecule has 0 aliphatic rings. The van der Waals surface area contributed by atoms with Gasteiger partial charge < -0.3 is 21.1 Å². The molecule has 0 saturated heterocycles. The second kappa shape index (κ2) is 8.90. The Morgan fingerprint density at radius 3 is 2.55 bits per heavy atom. The van der Waals surface area contributed by atoms with Gasteiger partial charge in [0, 0.05) is 30.4 Å². The Hall–Kier alpha value is -3.82. The second-order valence-corrected chi connectivity index (χ2v) is 6.46. The lowest BCUT2D eigenvalue weighted by Gasteiger charge is -2.17. The number of primary amides is 1. The van der Waals surface area contributed by atoms with Gasteiger partial charge >= 0.3 is 6.18 Å². The van der Waals surface area contributed by atoms with Crippen LogP contribution in [0, 0.1) is 5.82 Å². The summed E-state index contributed by atoms with van der Waals surface area (Å²) < 4.78 is 58.9. The number of hydrogen-bond donors (Lipinski definition) is 3. The Labute approximate surface area is 175 Å². The topological polar surface area (TPSA) is 89.3 Å². The Morgan fingerprint density at radius 1 is 1.13 bits per heavy atom. The van der Waals surface area contributed by atoms with Crippen LogP contribution in [0.5, 0.6) is 5.75 Å². The van der Waals surface area contributed by atoms with Crippen LogP contribution in [0.15, 0.2) is 54.7 Å². The number of pyridine rings is 1. The number of aromatic nitrogens is 1. The Balaban J connectivity index is 1.92. The summed E-state index contributed by atoms with van der Waals surface area (Å²) in [6, 6.07) is 11.2. The van der Waals surface area contributed by atoms with E-state index in [1.807, 2.05) is 0 Å². The quantitative estimate of drug-likeness (QED) is 0.469. The third-order valence-corrected chi connectivity index (χ3v) is 4.39. The molecule has 162 valence electrons. The lowest BCUT2D eigenvalue weighted by atomic mass is 10.1. The van der Waals surface area contributed by atoms with Crippen molar-refractivity contribution < 1.29 is 27.1 Å². The lowest BCUT2D eigenvalue weighted by molar-refractivity contribution is -0.137. The number of amides is 1. The number of nitrogens with two attached hydrogens (primary N) is 1. The molecule has 3 rings (SSSR count). The Bertz CT molecular complexity index is 1100. The van der Waals surface area contributed by atoms with E-state index < -0.39 is 23.5 Å². The molecule has 2 aromatic carbocycles. The fourth-order valence-corrected chi connectivity index (χ4v) is 2.91. The number of nitrogens with one attached hydrogen (secondary N) is 2. The number of ether oxygens (including phenoxy) is 1. The van der Waals surface area contributed by atoms with Crippen LogP contribution in [0.1, 0.15) is 21.5 Å². The third-order valence-electron chi connectivity index (χ3n) is 4.39. The molecule has 6 nitrogen and oxygen atoms in total. The van der Waals surface area contributed by atoms with Gasteiger partial charge in [-0.1, -0.05) is 18.2 Å². The molecule has 31 heavy (non-hydrogen) atoms. The van der Waals surface area contributed by atoms with E-state index in [4.69, 9.17) is 10.5 Å². The number of hydrogen-bond acceptors (Lipinski definition) is 5. The first-order valence-electron chi connectivity index (χ1n) is 8.98. The van der Waals surface area contributed by atoms with Crippen LogP contribution in [0.4, 0.5) is 34.8 Å². The van der Waals surface area contributed by atoms with Crippen LogP contribution in [-0.2, 0) is 12.7 Å². The number of halogens is 4. The van der Waals surface area contributed by atoms with Gasteiger partial charge in [-0.3, -0.25) is 4.79 Å². The first-order valence-corrected chi connectivity index (χ1v) is 8.98. The smallest absolute Gasteiger partial charge is 0.419 e. The molecule has 0 saturated carbocycles. The maximum Gasteiger partial charge on any atom is 0.419 e. The maximum atomic E-state index is 13.5. The molecular weight excluding hydrogens is 416 g/mol. The van der Waals surface area contributed by atoms with E-state index >= 15 is 0 Å². The van der Waals surface area contributed by atoms with Gasteiger partial charge in [-0.15, -0.1) is 0 Å². The normalized spacial score (nSPS) is 11.1. The van der Waals surface area contributed by atoms with Crippen molar-refractivity contribution in [3.8, 4) is 5.75 Å². The number of rotatable bonds is 7. The second-order valence-electron chi connectivity index (χ2n) is 6.46. The minimum atomic E-state index is -4.66. The van der Waals surface area contributed by atoms with Crippen molar-refractivity contribution in [1.29, 1.82) is 0 Å². The van der Waals surface area contributed by atoms with Crippen molar-refractivity contribution in [1.82, 2.24) is 4.98 Å². The van der Waals surface area contributed by atoms with Crippen molar-refractivity contribution in [2.75, 3.05) is 17.7 Å². The molecule has 0 aliphatic carbocycles. The van der Waals surface area contributed by atoms with Crippen molar-refractivity contribution >= 4 is 23.1 Å². The van der Waals surface area contributed by atoms with Gasteiger partial charge in [-0.25, -0.2) is 9.37 Å². The molecule has 0 unspecified atom stereocenters. The minimum absolute atomic E-state index is 0.0728. The highest BCUT2D eigenvalue weighted by Crippen LogP contribution is 2.37. The summed E-state index contributed by atoms with van der Waals surface area (Å²) in [6.45, 7) is -0.0779. The van der Waals surface area contributed by atoms with E-state index in [0.29, 0.717) is 17.4 Å². The summed E-state index contributed by atoms with van der Waals surface area (Å²) in [6.07, 6.45) is -3.98. The standard InChI is InChI=1S/C21H18F4N4O2/c1-31-18-8-13(22)6-7-16(18)29-19-9-17(15(11-28-19)21(23,24)25)27-10-12-4-2-3-5-14(12)20(26)30/h2-9,11H,10H2,1H3,(H2,26,30)(H2,27,28,29). The first kappa shape index (κ1) is 21.9. The average molecular weight is 434 g/mol. The molecule has 0 bridgehead atoms. The van der Waals surface area contributed by atoms with Crippen LogP contribution in [0.2, 0.25) is 0 Å². The molecular formula is C21H18F4N4O2. The van der Waals surface area contributed by atoms with Crippen molar-refractivity contribution in [3.63, 3.8) is 0 Å². The van der Waals surface area contributed by atoms with Crippen molar-refractivity contribution in [3.05, 3.63) is 77.2 Å². The van der Waals surface area contributed by atoms with Gasteiger partial charge in [0.2, 0.25) is 5.91 Å². The van der Waals surface area contributed by atoms with Gasteiger partial charge in [0.1, 0.15) is 17.4 Å². The van der Waals surface area contributed by atoms with Crippen LogP contribution in [0.25, 0.3) is 0 Å². The van der Waals surface area contributed by atoms with Gasteiger partial charge in [0.15, 0.2) is 0 Å². The molecule has 0 aliphatic heterocycles. The van der Waals surface area contributed by atoms with Crippen LogP contribution >= 0.6 is 0 Å². The highest BCUT2D eigenvalue weighted by Gasteiger charge is 2.34. The van der Waals surface area contributed by atoms with Crippen LogP contribution in [0.3, 0.4) is 0 Å². The fourth-order valence-electron chi connectivity index (χ4n) is 2.91. The first-order chi connectivity index (χ1) is 14.7. The van der Waals surface area contributed by atoms with Crippen LogP contribution < -0.4 is 21.1 Å². The molecule has 3 aromatic rings. The Kier molecular flexibility index (Phi) is 6.28. The Morgan fingerprint density at radius 2 is 1.87 bits per heavy atom. The van der Waals surface area contributed by atoms with E-state index in [2.05, 4.69) is 15.6 Å². The predicted octanol–water partition coefficient (Wildman–Crippen LogP) is 4.70. The number of carbonyl (C=O) groups is 1. The summed E-state index contributed by atoms with van der Waals surface area (Å²) in [7, 11) is 1.34. The molecule has 0 fully saturated rings. The number of carbonyl (C=O) groups excluding carboxylic acids is 1. The SMILES string of the molecule is COc1cc(F)ccc1Nc1cc(NCc2ccccc2C(N)=O)c(C(F)(F)F)cn1. The lowest BCUT2D eigenvalue weighted by Crippen LogP contribution is -2.16. The van der Waals surface area contributed by atoms with Gasteiger partial charge in [-0.05, 0) is 23.8 Å². The highest BCUT2D eigenvalue weighted by atomic mass is 19.4. The van der Waals surface area contributed by atoms with E-state index in [9.17, 15) is 22.4 Å². The molecule has 0 atom stereocenters. The number of anilines is 3. The average Bonchev–Trinajstić information content (AvgIpc) is 2.73. The number of alkyl halides is 3. The summed E-state index contributed by atoms with van der Waals surface area (Å²) in [4.78, 5) is 15.4. The highest BCUT2D eigenvalue weighted by molar-refractivity contribution is 5.94. The summed E-state index contributed by atoms with van der Waals surface area (Å²) >= 11 is 0. The zero-order valence-corrected chi connectivity index (χ0v) is 16.3. The zero-order valence-electron chi connectivity index (χ0n) is 16.3. The summed E-state index contributed by atoms with van der Waals surface area (Å²) in [5.41, 5.74) is 5.04. The van der Waals surface area contributed by atoms with E-state index in [1.54, 1.807) is 18.2 Å². The van der Waals surface area contributed by atoms with Crippen molar-refractivity contribution in [2.24, 2.45) is 5.73 Å². The molecule has 10 heteroatoms. The molecule has 0 spiro atoms. The fraction of sp³-hybridized carbons (Fsp3) is 0.143. The van der Waals surface area contributed by atoms with Gasteiger partial charge in [0.05, 0.1) is 24.0 Å². The molecule has 1 heterocycles. The van der Waals surface area contributed by atoms with Gasteiger partial charge in [0.25, 0.3) is 0 Å². The number of nitrogens with zero attached hydrogens (tertiary/aromatic N) is 1. The zero-order chi connectivity index (χ0) is 22.6. The predicted molar refractivity (Wildman–Crippen MR) is 108 cm³/mol. The number of benzene rings is 2. The van der Waals surface area contributed by atoms with E-state index in [-0.39, 0.29) is 29.4 Å². The van der Waals surface area contributed by atoms with E-state index in [0.717, 1.165) is 6.07 Å². The molecule has 4 N–H and O–H groups in total. The summed E-state index contributed by atoms with van der Waals surface area (Å²) in [5, 5.41) is 5.51. The van der Waals surface area contributed by atoms with Gasteiger partial charge in [-0.2, -0.15) is 13.2 Å². The van der Waals surface area contributed by atoms with E-state index in [1.165, 1.54) is 31.4 Å². The monoisotopic (exact) mass is 434 g/mol. The maximum absolute atomic E-state index is 13.5. The van der Waals surface area contributed by atoms with Crippen LogP contribution in [-0.4, -0.2) is 18.0 Å². The summed E-state index contributed by atoms with van der Waals surface area (Å²) in [5.74, 6) is -0.984.